The second kappa shape index (κ2) is 11.8. The molecule has 0 aliphatic heterocycles. The van der Waals surface area contributed by atoms with Crippen LogP contribution >= 0.6 is 0 Å². The first-order chi connectivity index (χ1) is 16.9. The molecular formula is C27H30N2O6. The summed E-state index contributed by atoms with van der Waals surface area (Å²) in [5.41, 5.74) is 2.79. The molecule has 3 rings (SSSR count). The fourth-order valence-corrected chi connectivity index (χ4v) is 3.38. The first-order valence-electron chi connectivity index (χ1n) is 11.2. The van der Waals surface area contributed by atoms with Crippen LogP contribution in [0.4, 0.5) is 11.4 Å². The van der Waals surface area contributed by atoms with E-state index in [4.69, 9.17) is 18.9 Å². The van der Waals surface area contributed by atoms with Crippen LogP contribution in [0.25, 0.3) is 0 Å². The quantitative estimate of drug-likeness (QED) is 0.410. The highest BCUT2D eigenvalue weighted by Crippen LogP contribution is 2.38. The Balaban J connectivity index is 1.92. The van der Waals surface area contributed by atoms with Crippen LogP contribution in [0.2, 0.25) is 0 Å². The second-order valence-electron chi connectivity index (χ2n) is 7.55. The molecule has 0 saturated carbocycles. The van der Waals surface area contributed by atoms with Crippen molar-refractivity contribution in [2.75, 3.05) is 38.1 Å². The van der Waals surface area contributed by atoms with Gasteiger partial charge in [0.2, 0.25) is 0 Å². The smallest absolute Gasteiger partial charge is 0.255 e. The Labute approximate surface area is 205 Å². The predicted molar refractivity (Wildman–Crippen MR) is 135 cm³/mol. The van der Waals surface area contributed by atoms with Crippen LogP contribution in [0.15, 0.2) is 54.6 Å². The van der Waals surface area contributed by atoms with Crippen molar-refractivity contribution >= 4 is 23.2 Å². The van der Waals surface area contributed by atoms with E-state index in [-0.39, 0.29) is 11.8 Å². The average Bonchev–Trinajstić information content (AvgIpc) is 2.86. The van der Waals surface area contributed by atoms with Crippen LogP contribution in [0.5, 0.6) is 23.0 Å². The first kappa shape index (κ1) is 25.4. The molecule has 0 radical (unpaired) electrons. The number of hydrogen-bond donors (Lipinski definition) is 2. The SMILES string of the molecule is CCOc1cc(NC(=O)c2ccc(OC)c(OC)c2)c(OCC)cc1NC(=O)c1ccc(C)cc1. The minimum Gasteiger partial charge on any atom is -0.493 e. The molecule has 0 spiro atoms. The van der Waals surface area contributed by atoms with Gasteiger partial charge in [-0.3, -0.25) is 9.59 Å². The summed E-state index contributed by atoms with van der Waals surface area (Å²) in [6.07, 6.45) is 0. The molecule has 2 amide bonds. The van der Waals surface area contributed by atoms with Gasteiger partial charge in [0.1, 0.15) is 11.5 Å². The number of anilines is 2. The minimum atomic E-state index is -0.370. The van der Waals surface area contributed by atoms with Crippen LogP contribution < -0.4 is 29.6 Å². The van der Waals surface area contributed by atoms with E-state index < -0.39 is 0 Å². The maximum Gasteiger partial charge on any atom is 0.255 e. The number of hydrogen-bond acceptors (Lipinski definition) is 6. The van der Waals surface area contributed by atoms with Gasteiger partial charge in [-0.05, 0) is 51.1 Å². The largest absolute Gasteiger partial charge is 0.493 e. The number of rotatable bonds is 10. The van der Waals surface area contributed by atoms with Crippen molar-refractivity contribution in [1.82, 2.24) is 0 Å². The summed E-state index contributed by atoms with van der Waals surface area (Å²) in [6, 6.07) is 15.4. The van der Waals surface area contributed by atoms with Gasteiger partial charge in [0, 0.05) is 23.3 Å². The summed E-state index contributed by atoms with van der Waals surface area (Å²) < 4.78 is 22.1. The average molecular weight is 479 g/mol. The lowest BCUT2D eigenvalue weighted by Gasteiger charge is -2.18. The molecule has 35 heavy (non-hydrogen) atoms. The molecule has 0 atom stereocenters. The molecule has 0 fully saturated rings. The van der Waals surface area contributed by atoms with Crippen LogP contribution in [-0.2, 0) is 0 Å². The fraction of sp³-hybridized carbons (Fsp3) is 0.259. The zero-order chi connectivity index (χ0) is 25.4. The number of aryl methyl sites for hydroxylation is 1. The Morgan fingerprint density at radius 1 is 0.657 bits per heavy atom. The van der Waals surface area contributed by atoms with E-state index in [1.54, 1.807) is 42.5 Å². The second-order valence-corrected chi connectivity index (χ2v) is 7.55. The molecule has 0 aromatic heterocycles. The molecule has 8 heteroatoms. The van der Waals surface area contributed by atoms with Crippen molar-refractivity contribution in [2.24, 2.45) is 0 Å². The fourth-order valence-electron chi connectivity index (χ4n) is 3.38. The molecule has 0 saturated heterocycles. The zero-order valence-corrected chi connectivity index (χ0v) is 20.6. The van der Waals surface area contributed by atoms with Crippen molar-refractivity contribution < 1.29 is 28.5 Å². The van der Waals surface area contributed by atoms with Gasteiger partial charge < -0.3 is 29.6 Å². The van der Waals surface area contributed by atoms with E-state index in [2.05, 4.69) is 10.6 Å². The van der Waals surface area contributed by atoms with Gasteiger partial charge in [-0.15, -0.1) is 0 Å². The van der Waals surface area contributed by atoms with E-state index in [1.165, 1.54) is 14.2 Å². The van der Waals surface area contributed by atoms with E-state index >= 15 is 0 Å². The summed E-state index contributed by atoms with van der Waals surface area (Å²) >= 11 is 0. The summed E-state index contributed by atoms with van der Waals surface area (Å²) in [4.78, 5) is 25.8. The number of benzene rings is 3. The van der Waals surface area contributed by atoms with Gasteiger partial charge in [0.25, 0.3) is 11.8 Å². The van der Waals surface area contributed by atoms with Crippen LogP contribution in [-0.4, -0.2) is 39.2 Å². The predicted octanol–water partition coefficient (Wildman–Crippen LogP) is 5.31. The Bertz CT molecular complexity index is 1190. The molecular weight excluding hydrogens is 448 g/mol. The Morgan fingerprint density at radius 2 is 1.14 bits per heavy atom. The number of ether oxygens (including phenoxy) is 4. The monoisotopic (exact) mass is 478 g/mol. The normalized spacial score (nSPS) is 10.3. The molecule has 3 aromatic carbocycles. The van der Waals surface area contributed by atoms with Gasteiger partial charge in [-0.2, -0.15) is 0 Å². The standard InChI is InChI=1S/C27H30N2O6/c1-6-34-23-16-21(29-27(31)19-12-13-22(32-4)25(14-19)33-5)24(35-7-2)15-20(23)28-26(30)18-10-8-17(3)9-11-18/h8-16H,6-7H2,1-5H3,(H,28,30)(H,29,31). The lowest BCUT2D eigenvalue weighted by Crippen LogP contribution is -2.16. The van der Waals surface area contributed by atoms with Gasteiger partial charge in [0.05, 0.1) is 38.8 Å². The molecule has 0 aliphatic carbocycles. The number of methoxy groups -OCH3 is 2. The molecule has 184 valence electrons. The van der Waals surface area contributed by atoms with E-state index in [0.717, 1.165) is 5.56 Å². The van der Waals surface area contributed by atoms with E-state index in [0.29, 0.717) is 58.7 Å². The summed E-state index contributed by atoms with van der Waals surface area (Å²) in [6.45, 7) is 6.35. The maximum atomic E-state index is 13.0. The molecule has 8 nitrogen and oxygen atoms in total. The highest BCUT2D eigenvalue weighted by atomic mass is 16.5. The molecule has 0 unspecified atom stereocenters. The van der Waals surface area contributed by atoms with Crippen molar-refractivity contribution in [3.8, 4) is 23.0 Å². The summed E-state index contributed by atoms with van der Waals surface area (Å²) in [5, 5.41) is 5.75. The molecule has 0 bridgehead atoms. The third kappa shape index (κ3) is 6.23. The van der Waals surface area contributed by atoms with Crippen molar-refractivity contribution in [2.45, 2.75) is 20.8 Å². The number of carbonyl (C=O) groups is 2. The van der Waals surface area contributed by atoms with Crippen molar-refractivity contribution in [3.05, 3.63) is 71.3 Å². The highest BCUT2D eigenvalue weighted by Gasteiger charge is 2.18. The first-order valence-corrected chi connectivity index (χ1v) is 11.2. The molecule has 2 N–H and O–H groups in total. The van der Waals surface area contributed by atoms with Crippen molar-refractivity contribution in [1.29, 1.82) is 0 Å². The van der Waals surface area contributed by atoms with Gasteiger partial charge in [0.15, 0.2) is 11.5 Å². The van der Waals surface area contributed by atoms with Gasteiger partial charge in [-0.25, -0.2) is 0 Å². The van der Waals surface area contributed by atoms with Crippen LogP contribution in [0.1, 0.15) is 40.1 Å². The highest BCUT2D eigenvalue weighted by molar-refractivity contribution is 6.07. The third-order valence-corrected chi connectivity index (χ3v) is 5.14. The lowest BCUT2D eigenvalue weighted by atomic mass is 10.1. The van der Waals surface area contributed by atoms with Crippen LogP contribution in [0, 0.1) is 6.92 Å². The topological polar surface area (TPSA) is 95.1 Å². The minimum absolute atomic E-state index is 0.282. The Hall–Kier alpha value is -4.20. The zero-order valence-electron chi connectivity index (χ0n) is 20.6. The van der Waals surface area contributed by atoms with Crippen molar-refractivity contribution in [3.63, 3.8) is 0 Å². The molecule has 3 aromatic rings. The lowest BCUT2D eigenvalue weighted by molar-refractivity contribution is 0.101. The Morgan fingerprint density at radius 3 is 1.63 bits per heavy atom. The molecule has 0 heterocycles. The number of carbonyl (C=O) groups excluding carboxylic acids is 2. The maximum absolute atomic E-state index is 13.0. The van der Waals surface area contributed by atoms with E-state index in [1.807, 2.05) is 32.9 Å². The van der Waals surface area contributed by atoms with E-state index in [9.17, 15) is 9.59 Å². The van der Waals surface area contributed by atoms with Crippen LogP contribution in [0.3, 0.4) is 0 Å². The third-order valence-electron chi connectivity index (χ3n) is 5.14. The summed E-state index contributed by atoms with van der Waals surface area (Å²) in [7, 11) is 3.03. The van der Waals surface area contributed by atoms with Gasteiger partial charge in [-0.1, -0.05) is 17.7 Å². The number of nitrogens with one attached hydrogen (secondary N) is 2. The molecule has 0 aliphatic rings. The number of amides is 2. The Kier molecular flexibility index (Phi) is 8.56. The van der Waals surface area contributed by atoms with Gasteiger partial charge >= 0.3 is 0 Å². The summed E-state index contributed by atoms with van der Waals surface area (Å²) in [5.74, 6) is 1.10.